The topological polar surface area (TPSA) is 45.5 Å². The SMILES string of the molecule is CCC(CC)N(CCO)C(=O)c1cc(Cl)cn1C(C)C. The van der Waals surface area contributed by atoms with Gasteiger partial charge < -0.3 is 14.6 Å². The first-order chi connectivity index (χ1) is 9.46. The number of aliphatic hydroxyl groups excluding tert-OH is 1. The Balaban J connectivity index is 3.11. The summed E-state index contributed by atoms with van der Waals surface area (Å²) >= 11 is 6.04. The van der Waals surface area contributed by atoms with Crippen LogP contribution in [0.3, 0.4) is 0 Å². The van der Waals surface area contributed by atoms with Gasteiger partial charge in [0.25, 0.3) is 5.91 Å². The van der Waals surface area contributed by atoms with E-state index in [1.54, 1.807) is 17.2 Å². The molecule has 0 aliphatic rings. The van der Waals surface area contributed by atoms with Crippen LogP contribution in [-0.2, 0) is 0 Å². The van der Waals surface area contributed by atoms with Crippen LogP contribution in [-0.4, -0.2) is 39.7 Å². The summed E-state index contributed by atoms with van der Waals surface area (Å²) in [6.45, 7) is 8.46. The van der Waals surface area contributed by atoms with Crippen LogP contribution in [0.1, 0.15) is 57.1 Å². The number of halogens is 1. The number of hydrogen-bond acceptors (Lipinski definition) is 2. The summed E-state index contributed by atoms with van der Waals surface area (Å²) in [5.41, 5.74) is 0.588. The highest BCUT2D eigenvalue weighted by atomic mass is 35.5. The highest BCUT2D eigenvalue weighted by Crippen LogP contribution is 2.22. The predicted octanol–water partition coefficient (Wildman–Crippen LogP) is 3.35. The first kappa shape index (κ1) is 17.1. The van der Waals surface area contributed by atoms with Gasteiger partial charge in [-0.25, -0.2) is 0 Å². The minimum atomic E-state index is -0.0617. The van der Waals surface area contributed by atoms with Crippen molar-refractivity contribution in [3.8, 4) is 0 Å². The van der Waals surface area contributed by atoms with E-state index in [4.69, 9.17) is 11.6 Å². The molecule has 0 saturated carbocycles. The lowest BCUT2D eigenvalue weighted by Gasteiger charge is -2.30. The lowest BCUT2D eigenvalue weighted by Crippen LogP contribution is -2.42. The Kier molecular flexibility index (Phi) is 6.56. The van der Waals surface area contributed by atoms with Crippen LogP contribution in [0, 0.1) is 0 Å². The molecule has 1 aromatic rings. The van der Waals surface area contributed by atoms with E-state index in [1.165, 1.54) is 0 Å². The Morgan fingerprint density at radius 1 is 1.40 bits per heavy atom. The second kappa shape index (κ2) is 7.70. The molecule has 114 valence electrons. The van der Waals surface area contributed by atoms with Gasteiger partial charge in [-0.05, 0) is 32.8 Å². The van der Waals surface area contributed by atoms with Crippen molar-refractivity contribution in [3.05, 3.63) is 23.0 Å². The van der Waals surface area contributed by atoms with Crippen LogP contribution in [0.2, 0.25) is 5.02 Å². The number of carbonyl (C=O) groups is 1. The zero-order chi connectivity index (χ0) is 15.3. The van der Waals surface area contributed by atoms with Gasteiger partial charge in [0, 0.05) is 24.8 Å². The third-order valence-electron chi connectivity index (χ3n) is 3.58. The van der Waals surface area contributed by atoms with E-state index in [0.29, 0.717) is 17.3 Å². The molecule has 1 N–H and O–H groups in total. The molecule has 0 spiro atoms. The highest BCUT2D eigenvalue weighted by Gasteiger charge is 2.25. The summed E-state index contributed by atoms with van der Waals surface area (Å²) in [6.07, 6.45) is 3.53. The van der Waals surface area contributed by atoms with Gasteiger partial charge in [-0.3, -0.25) is 4.79 Å². The Labute approximate surface area is 126 Å². The van der Waals surface area contributed by atoms with Crippen molar-refractivity contribution in [2.45, 2.75) is 52.6 Å². The van der Waals surface area contributed by atoms with Crippen molar-refractivity contribution in [2.24, 2.45) is 0 Å². The van der Waals surface area contributed by atoms with Gasteiger partial charge in [-0.2, -0.15) is 0 Å². The van der Waals surface area contributed by atoms with Gasteiger partial charge in [0.15, 0.2) is 0 Å². The molecule has 0 radical (unpaired) electrons. The lowest BCUT2D eigenvalue weighted by molar-refractivity contribution is 0.0610. The van der Waals surface area contributed by atoms with Crippen molar-refractivity contribution >= 4 is 17.5 Å². The smallest absolute Gasteiger partial charge is 0.270 e. The van der Waals surface area contributed by atoms with Gasteiger partial charge in [-0.1, -0.05) is 25.4 Å². The molecule has 20 heavy (non-hydrogen) atoms. The Hall–Kier alpha value is -1.00. The van der Waals surface area contributed by atoms with Crippen molar-refractivity contribution < 1.29 is 9.90 Å². The molecule has 1 aromatic heterocycles. The van der Waals surface area contributed by atoms with Crippen LogP contribution in [0.5, 0.6) is 0 Å². The first-order valence-electron chi connectivity index (χ1n) is 7.25. The molecule has 0 unspecified atom stereocenters. The second-order valence-electron chi connectivity index (χ2n) is 5.24. The number of nitrogens with zero attached hydrogens (tertiary/aromatic N) is 2. The molecule has 0 fully saturated rings. The number of hydrogen-bond donors (Lipinski definition) is 1. The fourth-order valence-corrected chi connectivity index (χ4v) is 2.69. The van der Waals surface area contributed by atoms with E-state index < -0.39 is 0 Å². The first-order valence-corrected chi connectivity index (χ1v) is 7.63. The lowest BCUT2D eigenvalue weighted by atomic mass is 10.1. The molecule has 0 bridgehead atoms. The molecule has 4 nitrogen and oxygen atoms in total. The van der Waals surface area contributed by atoms with Gasteiger partial charge in [-0.15, -0.1) is 0 Å². The summed E-state index contributed by atoms with van der Waals surface area (Å²) in [4.78, 5) is 14.5. The zero-order valence-corrected chi connectivity index (χ0v) is 13.5. The van der Waals surface area contributed by atoms with E-state index in [9.17, 15) is 9.90 Å². The maximum atomic E-state index is 12.8. The minimum Gasteiger partial charge on any atom is -0.395 e. The third-order valence-corrected chi connectivity index (χ3v) is 3.78. The van der Waals surface area contributed by atoms with Crippen molar-refractivity contribution in [2.75, 3.05) is 13.2 Å². The number of aliphatic hydroxyl groups is 1. The molecule has 0 atom stereocenters. The van der Waals surface area contributed by atoms with Gasteiger partial charge in [0.1, 0.15) is 5.69 Å². The third kappa shape index (κ3) is 3.76. The van der Waals surface area contributed by atoms with Gasteiger partial charge >= 0.3 is 0 Å². The molecule has 5 heteroatoms. The summed E-state index contributed by atoms with van der Waals surface area (Å²) in [7, 11) is 0. The second-order valence-corrected chi connectivity index (χ2v) is 5.67. The maximum absolute atomic E-state index is 12.8. The van der Waals surface area contributed by atoms with Crippen molar-refractivity contribution in [1.29, 1.82) is 0 Å². The minimum absolute atomic E-state index is 0.0294. The monoisotopic (exact) mass is 300 g/mol. The van der Waals surface area contributed by atoms with Crippen molar-refractivity contribution in [1.82, 2.24) is 9.47 Å². The Morgan fingerprint density at radius 3 is 2.45 bits per heavy atom. The van der Waals surface area contributed by atoms with E-state index >= 15 is 0 Å². The largest absolute Gasteiger partial charge is 0.395 e. The molecule has 1 heterocycles. The molecular weight excluding hydrogens is 276 g/mol. The molecule has 0 saturated heterocycles. The van der Waals surface area contributed by atoms with Crippen LogP contribution in [0.15, 0.2) is 12.3 Å². The van der Waals surface area contributed by atoms with Crippen LogP contribution < -0.4 is 0 Å². The highest BCUT2D eigenvalue weighted by molar-refractivity contribution is 6.31. The van der Waals surface area contributed by atoms with Crippen LogP contribution in [0.4, 0.5) is 0 Å². The van der Waals surface area contributed by atoms with Crippen LogP contribution in [0.25, 0.3) is 0 Å². The molecule has 0 aliphatic carbocycles. The molecular formula is C15H25ClN2O2. The molecule has 0 aromatic carbocycles. The Morgan fingerprint density at radius 2 is 2.00 bits per heavy atom. The van der Waals surface area contributed by atoms with Gasteiger partial charge in [0.2, 0.25) is 0 Å². The van der Waals surface area contributed by atoms with Crippen molar-refractivity contribution in [3.63, 3.8) is 0 Å². The predicted molar refractivity (Wildman–Crippen MR) is 82.3 cm³/mol. The summed E-state index contributed by atoms with van der Waals surface area (Å²) in [6, 6.07) is 2.01. The van der Waals surface area contributed by atoms with Crippen LogP contribution >= 0.6 is 11.6 Å². The average molecular weight is 301 g/mol. The number of carbonyl (C=O) groups excluding carboxylic acids is 1. The summed E-state index contributed by atoms with van der Waals surface area (Å²) in [5.74, 6) is -0.0617. The summed E-state index contributed by atoms with van der Waals surface area (Å²) < 4.78 is 1.89. The van der Waals surface area contributed by atoms with E-state index in [-0.39, 0.29) is 24.6 Å². The average Bonchev–Trinajstić information content (AvgIpc) is 2.80. The zero-order valence-electron chi connectivity index (χ0n) is 12.8. The van der Waals surface area contributed by atoms with E-state index in [2.05, 4.69) is 13.8 Å². The number of amides is 1. The quantitative estimate of drug-likeness (QED) is 0.839. The summed E-state index contributed by atoms with van der Waals surface area (Å²) in [5, 5.41) is 9.79. The standard InChI is InChI=1S/C15H25ClN2O2/c1-5-13(6-2)17(7-8-19)15(20)14-9-12(16)10-18(14)11(3)4/h9-11,13,19H,5-8H2,1-4H3. The maximum Gasteiger partial charge on any atom is 0.270 e. The fraction of sp³-hybridized carbons (Fsp3) is 0.667. The molecule has 1 amide bonds. The normalized spacial score (nSPS) is 11.4. The fourth-order valence-electron chi connectivity index (χ4n) is 2.48. The Bertz CT molecular complexity index is 439. The number of aromatic nitrogens is 1. The van der Waals surface area contributed by atoms with Gasteiger partial charge in [0.05, 0.1) is 11.6 Å². The molecule has 1 rings (SSSR count). The van der Waals surface area contributed by atoms with E-state index in [1.807, 2.05) is 18.4 Å². The molecule has 0 aliphatic heterocycles. The van der Waals surface area contributed by atoms with E-state index in [0.717, 1.165) is 12.8 Å². The number of rotatable bonds is 7.